The molecule has 1 saturated heterocycles. The minimum atomic E-state index is -3.68. The van der Waals surface area contributed by atoms with Gasteiger partial charge in [0.15, 0.2) is 0 Å². The van der Waals surface area contributed by atoms with Crippen molar-refractivity contribution in [3.8, 4) is 0 Å². The standard InChI is InChI=1S/C13H18ClN3O3S/c1-16-11-3-2-4-17(8-11)21(19,20)12-6-9(13(15)18)5-10(14)7-12/h5-7,11,16H,2-4,8H2,1H3,(H2,15,18). The monoisotopic (exact) mass is 331 g/mol. The third kappa shape index (κ3) is 3.55. The highest BCUT2D eigenvalue weighted by molar-refractivity contribution is 7.89. The molecule has 1 atom stereocenters. The number of hydrogen-bond acceptors (Lipinski definition) is 4. The van der Waals surface area contributed by atoms with Gasteiger partial charge in [-0.05, 0) is 38.1 Å². The van der Waals surface area contributed by atoms with Crippen LogP contribution in [0.15, 0.2) is 23.1 Å². The molecule has 1 heterocycles. The van der Waals surface area contributed by atoms with Gasteiger partial charge in [0.05, 0.1) is 4.90 Å². The highest BCUT2D eigenvalue weighted by Gasteiger charge is 2.30. The lowest BCUT2D eigenvalue weighted by Crippen LogP contribution is -2.46. The van der Waals surface area contributed by atoms with E-state index in [9.17, 15) is 13.2 Å². The number of nitrogens with zero attached hydrogens (tertiary/aromatic N) is 1. The molecule has 0 aromatic heterocycles. The molecule has 6 nitrogen and oxygen atoms in total. The van der Waals surface area contributed by atoms with Gasteiger partial charge in [0.25, 0.3) is 0 Å². The minimum Gasteiger partial charge on any atom is -0.366 e. The largest absolute Gasteiger partial charge is 0.366 e. The number of carbonyl (C=O) groups excluding carboxylic acids is 1. The molecule has 21 heavy (non-hydrogen) atoms. The Kier molecular flexibility index (Phi) is 4.88. The summed E-state index contributed by atoms with van der Waals surface area (Å²) in [5, 5.41) is 3.27. The van der Waals surface area contributed by atoms with Gasteiger partial charge in [-0.2, -0.15) is 4.31 Å². The van der Waals surface area contributed by atoms with Gasteiger partial charge in [-0.15, -0.1) is 0 Å². The topological polar surface area (TPSA) is 92.5 Å². The Hall–Kier alpha value is -1.15. The second kappa shape index (κ2) is 6.31. The molecule has 1 aliphatic heterocycles. The third-order valence-corrected chi connectivity index (χ3v) is 5.65. The lowest BCUT2D eigenvalue weighted by molar-refractivity contribution is 0.1000. The number of hydrogen-bond donors (Lipinski definition) is 2. The quantitative estimate of drug-likeness (QED) is 0.854. The summed E-state index contributed by atoms with van der Waals surface area (Å²) in [4.78, 5) is 11.3. The summed E-state index contributed by atoms with van der Waals surface area (Å²) < 4.78 is 26.7. The summed E-state index contributed by atoms with van der Waals surface area (Å²) in [7, 11) is -1.87. The van der Waals surface area contributed by atoms with E-state index < -0.39 is 15.9 Å². The van der Waals surface area contributed by atoms with Crippen molar-refractivity contribution in [2.75, 3.05) is 20.1 Å². The number of nitrogens with one attached hydrogen (secondary N) is 1. The smallest absolute Gasteiger partial charge is 0.248 e. The molecule has 116 valence electrons. The van der Waals surface area contributed by atoms with Crippen molar-refractivity contribution in [1.82, 2.24) is 9.62 Å². The molecule has 0 spiro atoms. The molecule has 3 N–H and O–H groups in total. The lowest BCUT2D eigenvalue weighted by atomic mass is 10.1. The van der Waals surface area contributed by atoms with E-state index in [1.165, 1.54) is 22.5 Å². The molecule has 1 unspecified atom stereocenters. The van der Waals surface area contributed by atoms with Crippen molar-refractivity contribution in [2.24, 2.45) is 5.73 Å². The van der Waals surface area contributed by atoms with Gasteiger partial charge >= 0.3 is 0 Å². The average molecular weight is 332 g/mol. The Morgan fingerprint density at radius 3 is 2.76 bits per heavy atom. The maximum absolute atomic E-state index is 12.7. The number of carbonyl (C=O) groups is 1. The van der Waals surface area contributed by atoms with Gasteiger partial charge in [0.1, 0.15) is 0 Å². The van der Waals surface area contributed by atoms with Crippen LogP contribution in [0.2, 0.25) is 5.02 Å². The predicted molar refractivity (Wildman–Crippen MR) is 80.8 cm³/mol. The van der Waals surface area contributed by atoms with Crippen LogP contribution in [0.1, 0.15) is 23.2 Å². The zero-order valence-electron chi connectivity index (χ0n) is 11.7. The molecule has 0 bridgehead atoms. The number of rotatable bonds is 4. The van der Waals surface area contributed by atoms with Gasteiger partial charge in [0, 0.05) is 29.7 Å². The summed E-state index contributed by atoms with van der Waals surface area (Å²) in [6.45, 7) is 0.857. The molecule has 1 aliphatic rings. The first-order valence-electron chi connectivity index (χ1n) is 6.62. The number of sulfonamides is 1. The van der Waals surface area contributed by atoms with Crippen molar-refractivity contribution in [2.45, 2.75) is 23.8 Å². The Labute approximate surface area is 129 Å². The molecule has 2 rings (SSSR count). The van der Waals surface area contributed by atoms with Crippen LogP contribution in [-0.2, 0) is 10.0 Å². The van der Waals surface area contributed by atoms with E-state index in [1.54, 1.807) is 0 Å². The second-order valence-electron chi connectivity index (χ2n) is 5.03. The summed E-state index contributed by atoms with van der Waals surface area (Å²) in [5.74, 6) is -0.708. The van der Waals surface area contributed by atoms with Crippen LogP contribution in [-0.4, -0.2) is 44.8 Å². The fraction of sp³-hybridized carbons (Fsp3) is 0.462. The SMILES string of the molecule is CNC1CCCN(S(=O)(=O)c2cc(Cl)cc(C(N)=O)c2)C1. The fourth-order valence-corrected chi connectivity index (χ4v) is 4.29. The van der Waals surface area contributed by atoms with Crippen LogP contribution in [0.5, 0.6) is 0 Å². The van der Waals surface area contributed by atoms with Crippen molar-refractivity contribution in [1.29, 1.82) is 0 Å². The van der Waals surface area contributed by atoms with E-state index in [0.717, 1.165) is 12.8 Å². The Balaban J connectivity index is 2.37. The lowest BCUT2D eigenvalue weighted by Gasteiger charge is -2.31. The summed E-state index contributed by atoms with van der Waals surface area (Å²) >= 11 is 5.89. The Morgan fingerprint density at radius 2 is 2.14 bits per heavy atom. The number of benzene rings is 1. The van der Waals surface area contributed by atoms with Gasteiger partial charge in [-0.3, -0.25) is 4.79 Å². The van der Waals surface area contributed by atoms with E-state index in [4.69, 9.17) is 17.3 Å². The maximum Gasteiger partial charge on any atom is 0.248 e. The van der Waals surface area contributed by atoms with Crippen molar-refractivity contribution < 1.29 is 13.2 Å². The van der Waals surface area contributed by atoms with Crippen LogP contribution in [0.4, 0.5) is 0 Å². The van der Waals surface area contributed by atoms with Gasteiger partial charge in [0.2, 0.25) is 15.9 Å². The first-order valence-corrected chi connectivity index (χ1v) is 8.44. The first kappa shape index (κ1) is 16.2. The molecule has 1 aromatic rings. The molecule has 1 aromatic carbocycles. The highest BCUT2D eigenvalue weighted by atomic mass is 35.5. The normalized spacial score (nSPS) is 20.4. The van der Waals surface area contributed by atoms with Crippen molar-refractivity contribution in [3.63, 3.8) is 0 Å². The highest BCUT2D eigenvalue weighted by Crippen LogP contribution is 2.24. The molecular weight excluding hydrogens is 314 g/mol. The van der Waals surface area contributed by atoms with Crippen LogP contribution >= 0.6 is 11.6 Å². The van der Waals surface area contributed by atoms with E-state index in [0.29, 0.717) is 13.1 Å². The molecule has 8 heteroatoms. The number of amides is 1. The number of halogens is 1. The number of piperidine rings is 1. The molecule has 1 amide bonds. The summed E-state index contributed by atoms with van der Waals surface area (Å²) in [5.41, 5.74) is 5.29. The molecule has 0 radical (unpaired) electrons. The average Bonchev–Trinajstić information content (AvgIpc) is 2.46. The van der Waals surface area contributed by atoms with Crippen LogP contribution in [0.3, 0.4) is 0 Å². The van der Waals surface area contributed by atoms with Crippen molar-refractivity contribution >= 4 is 27.5 Å². The number of likely N-dealkylation sites (N-methyl/N-ethyl adjacent to an activating group) is 1. The molecule has 1 fully saturated rings. The second-order valence-corrected chi connectivity index (χ2v) is 7.41. The Morgan fingerprint density at radius 1 is 1.43 bits per heavy atom. The van der Waals surface area contributed by atoms with Crippen molar-refractivity contribution in [3.05, 3.63) is 28.8 Å². The fourth-order valence-electron chi connectivity index (χ4n) is 2.40. The van der Waals surface area contributed by atoms with Gasteiger partial charge in [-0.25, -0.2) is 8.42 Å². The first-order chi connectivity index (χ1) is 9.84. The van der Waals surface area contributed by atoms with Crippen LogP contribution in [0, 0.1) is 0 Å². The predicted octanol–water partition coefficient (Wildman–Crippen LogP) is 0.811. The summed E-state index contributed by atoms with van der Waals surface area (Å²) in [6.07, 6.45) is 1.72. The van der Waals surface area contributed by atoms with Gasteiger partial charge in [-0.1, -0.05) is 11.6 Å². The number of nitrogens with two attached hydrogens (primary N) is 1. The third-order valence-electron chi connectivity index (χ3n) is 3.59. The number of primary amides is 1. The van der Waals surface area contributed by atoms with Crippen LogP contribution < -0.4 is 11.1 Å². The maximum atomic E-state index is 12.7. The van der Waals surface area contributed by atoms with Crippen LogP contribution in [0.25, 0.3) is 0 Å². The molecule has 0 saturated carbocycles. The van der Waals surface area contributed by atoms with Gasteiger partial charge < -0.3 is 11.1 Å². The molecular formula is C13H18ClN3O3S. The Bertz CT molecular complexity index is 648. The van der Waals surface area contributed by atoms with E-state index in [2.05, 4.69) is 5.32 Å². The van der Waals surface area contributed by atoms with E-state index in [1.807, 2.05) is 7.05 Å². The van der Waals surface area contributed by atoms with E-state index >= 15 is 0 Å². The van der Waals surface area contributed by atoms with E-state index in [-0.39, 0.29) is 21.5 Å². The zero-order valence-corrected chi connectivity index (χ0v) is 13.2. The molecule has 0 aliphatic carbocycles. The minimum absolute atomic E-state index is 0.000512. The zero-order chi connectivity index (χ0) is 15.6. The summed E-state index contributed by atoms with van der Waals surface area (Å²) in [6, 6.07) is 4.09.